The summed E-state index contributed by atoms with van der Waals surface area (Å²) in [4.78, 5) is 25.1. The summed E-state index contributed by atoms with van der Waals surface area (Å²) in [6.45, 7) is 5.41. The van der Waals surface area contributed by atoms with Crippen molar-refractivity contribution in [1.29, 1.82) is 0 Å². The molecule has 0 amide bonds. The van der Waals surface area contributed by atoms with Gasteiger partial charge in [0, 0.05) is 36.1 Å². The molecule has 2 N–H and O–H groups in total. The van der Waals surface area contributed by atoms with Crippen LogP contribution < -0.4 is 16.2 Å². The first-order valence-electron chi connectivity index (χ1n) is 11.4. The predicted octanol–water partition coefficient (Wildman–Crippen LogP) is 4.51. The Bertz CT molecular complexity index is 1150. The summed E-state index contributed by atoms with van der Waals surface area (Å²) in [5, 5.41) is 1.22. The molecule has 1 spiro atoms. The van der Waals surface area contributed by atoms with Gasteiger partial charge in [0.25, 0.3) is 5.56 Å². The molecule has 6 nitrogen and oxygen atoms in total. The molecule has 3 aliphatic rings. The second-order valence-corrected chi connectivity index (χ2v) is 10.4. The summed E-state index contributed by atoms with van der Waals surface area (Å²) in [6, 6.07) is 3.87. The molecule has 0 saturated carbocycles. The van der Waals surface area contributed by atoms with Crippen molar-refractivity contribution >= 4 is 29.0 Å². The molecule has 1 fully saturated rings. The van der Waals surface area contributed by atoms with Crippen molar-refractivity contribution in [2.75, 3.05) is 18.0 Å². The molecule has 5 rings (SSSR count). The maximum Gasteiger partial charge on any atom is 0.259 e. The molecule has 2 aliphatic carbocycles. The number of rotatable bonds is 2. The van der Waals surface area contributed by atoms with E-state index in [1.54, 1.807) is 4.57 Å². The SMILES string of the molecule is Cc1c(N2CCC3(CC2)Cc2ncccc2[C@@H]3N)nc(C)n([C@@H]2CCCC(Cl)=C2Cl)c1=O. The van der Waals surface area contributed by atoms with Crippen LogP contribution in [0.5, 0.6) is 0 Å². The van der Waals surface area contributed by atoms with E-state index in [0.29, 0.717) is 21.5 Å². The number of aromatic nitrogens is 3. The quantitative estimate of drug-likeness (QED) is 0.693. The zero-order valence-corrected chi connectivity index (χ0v) is 20.1. The van der Waals surface area contributed by atoms with Crippen LogP contribution in [-0.2, 0) is 6.42 Å². The monoisotopic (exact) mass is 473 g/mol. The van der Waals surface area contributed by atoms with Crippen molar-refractivity contribution in [2.45, 2.75) is 64.5 Å². The van der Waals surface area contributed by atoms with Gasteiger partial charge >= 0.3 is 0 Å². The minimum atomic E-state index is -0.224. The molecule has 8 heteroatoms. The molecule has 0 aromatic carbocycles. The number of nitrogens with two attached hydrogens (primary N) is 1. The van der Waals surface area contributed by atoms with E-state index in [4.69, 9.17) is 33.9 Å². The van der Waals surface area contributed by atoms with Crippen LogP contribution in [0.3, 0.4) is 0 Å². The zero-order chi connectivity index (χ0) is 22.6. The maximum absolute atomic E-state index is 13.4. The fourth-order valence-electron chi connectivity index (χ4n) is 5.82. The van der Waals surface area contributed by atoms with Crippen molar-refractivity contribution in [1.82, 2.24) is 14.5 Å². The molecule has 2 aromatic heterocycles. The van der Waals surface area contributed by atoms with Crippen molar-refractivity contribution in [3.63, 3.8) is 0 Å². The van der Waals surface area contributed by atoms with Crippen LogP contribution in [-0.4, -0.2) is 27.6 Å². The Balaban J connectivity index is 1.41. The minimum absolute atomic E-state index is 0.0159. The van der Waals surface area contributed by atoms with Gasteiger partial charge in [-0.2, -0.15) is 0 Å². The highest BCUT2D eigenvalue weighted by molar-refractivity contribution is 6.39. The second kappa shape index (κ2) is 8.15. The average Bonchev–Trinajstić information content (AvgIpc) is 3.06. The summed E-state index contributed by atoms with van der Waals surface area (Å²) in [6.07, 6.45) is 7.19. The third-order valence-corrected chi connectivity index (χ3v) is 8.70. The number of allylic oxidation sites excluding steroid dienone is 2. The Morgan fingerprint density at radius 2 is 1.97 bits per heavy atom. The summed E-state index contributed by atoms with van der Waals surface area (Å²) in [7, 11) is 0. The average molecular weight is 474 g/mol. The van der Waals surface area contributed by atoms with E-state index in [9.17, 15) is 4.79 Å². The van der Waals surface area contributed by atoms with E-state index in [0.717, 1.165) is 63.1 Å². The van der Waals surface area contributed by atoms with Crippen LogP contribution in [0.4, 0.5) is 5.82 Å². The molecule has 170 valence electrons. The number of hydrogen-bond acceptors (Lipinski definition) is 5. The van der Waals surface area contributed by atoms with E-state index >= 15 is 0 Å². The first kappa shape index (κ1) is 21.9. The van der Waals surface area contributed by atoms with Crippen LogP contribution in [0.25, 0.3) is 0 Å². The van der Waals surface area contributed by atoms with Gasteiger partial charge in [-0.1, -0.05) is 29.3 Å². The van der Waals surface area contributed by atoms with Crippen LogP contribution >= 0.6 is 23.2 Å². The van der Waals surface area contributed by atoms with Crippen molar-refractivity contribution in [3.8, 4) is 0 Å². The molecule has 1 aliphatic heterocycles. The van der Waals surface area contributed by atoms with Gasteiger partial charge in [0.2, 0.25) is 0 Å². The van der Waals surface area contributed by atoms with Gasteiger partial charge in [0.15, 0.2) is 0 Å². The van der Waals surface area contributed by atoms with Gasteiger partial charge in [-0.25, -0.2) is 4.98 Å². The van der Waals surface area contributed by atoms with Gasteiger partial charge in [0.05, 0.1) is 16.6 Å². The normalized spacial score (nSPS) is 24.8. The fraction of sp³-hybridized carbons (Fsp3) is 0.542. The molecular weight excluding hydrogens is 445 g/mol. The lowest BCUT2D eigenvalue weighted by molar-refractivity contribution is 0.186. The molecule has 2 atom stereocenters. The first-order valence-corrected chi connectivity index (χ1v) is 12.2. The lowest BCUT2D eigenvalue weighted by Crippen LogP contribution is -2.45. The third kappa shape index (κ3) is 3.39. The minimum Gasteiger partial charge on any atom is -0.356 e. The third-order valence-electron chi connectivity index (χ3n) is 7.73. The lowest BCUT2D eigenvalue weighted by Gasteiger charge is -2.43. The van der Waals surface area contributed by atoms with Crippen LogP contribution in [0, 0.1) is 19.3 Å². The number of pyridine rings is 1. The number of hydrogen-bond donors (Lipinski definition) is 1. The Morgan fingerprint density at radius 3 is 2.69 bits per heavy atom. The van der Waals surface area contributed by atoms with Crippen molar-refractivity contribution in [3.05, 3.63) is 61.4 Å². The van der Waals surface area contributed by atoms with Gasteiger partial charge < -0.3 is 10.6 Å². The highest BCUT2D eigenvalue weighted by Crippen LogP contribution is 2.50. The Hall–Kier alpha value is -1.89. The number of aryl methyl sites for hydroxylation is 1. The van der Waals surface area contributed by atoms with E-state index in [1.165, 1.54) is 5.56 Å². The summed E-state index contributed by atoms with van der Waals surface area (Å²) in [5.41, 5.74) is 9.69. The number of halogens is 2. The van der Waals surface area contributed by atoms with E-state index < -0.39 is 0 Å². The van der Waals surface area contributed by atoms with E-state index in [1.807, 2.05) is 26.1 Å². The van der Waals surface area contributed by atoms with Crippen LogP contribution in [0.1, 0.15) is 66.8 Å². The van der Waals surface area contributed by atoms with E-state index in [-0.39, 0.29) is 23.1 Å². The van der Waals surface area contributed by atoms with E-state index in [2.05, 4.69) is 16.0 Å². The van der Waals surface area contributed by atoms with Gasteiger partial charge in [0.1, 0.15) is 11.6 Å². The molecule has 0 bridgehead atoms. The first-order chi connectivity index (χ1) is 15.3. The molecule has 1 saturated heterocycles. The number of fused-ring (bicyclic) bond motifs is 1. The molecule has 0 unspecified atom stereocenters. The Morgan fingerprint density at radius 1 is 1.22 bits per heavy atom. The summed E-state index contributed by atoms with van der Waals surface area (Å²) in [5.74, 6) is 1.46. The summed E-state index contributed by atoms with van der Waals surface area (Å²) >= 11 is 12.8. The Kier molecular flexibility index (Phi) is 5.59. The molecule has 2 aromatic rings. The second-order valence-electron chi connectivity index (χ2n) is 9.49. The topological polar surface area (TPSA) is 77.0 Å². The lowest BCUT2D eigenvalue weighted by atomic mass is 9.73. The van der Waals surface area contributed by atoms with Gasteiger partial charge in [-0.15, -0.1) is 0 Å². The number of anilines is 1. The highest BCUT2D eigenvalue weighted by Gasteiger charge is 2.46. The largest absolute Gasteiger partial charge is 0.356 e. The maximum atomic E-state index is 13.4. The van der Waals surface area contributed by atoms with Gasteiger partial charge in [-0.05, 0) is 69.4 Å². The summed E-state index contributed by atoms with van der Waals surface area (Å²) < 4.78 is 1.73. The van der Waals surface area contributed by atoms with Crippen LogP contribution in [0.2, 0.25) is 0 Å². The number of nitrogens with zero attached hydrogens (tertiary/aromatic N) is 4. The number of piperidine rings is 1. The fourth-order valence-corrected chi connectivity index (χ4v) is 6.38. The molecule has 0 radical (unpaired) electrons. The van der Waals surface area contributed by atoms with Gasteiger partial charge in [-0.3, -0.25) is 14.3 Å². The van der Waals surface area contributed by atoms with Crippen LogP contribution in [0.15, 0.2) is 33.2 Å². The van der Waals surface area contributed by atoms with Crippen molar-refractivity contribution < 1.29 is 0 Å². The molecule has 3 heterocycles. The van der Waals surface area contributed by atoms with Crippen molar-refractivity contribution in [2.24, 2.45) is 11.1 Å². The smallest absolute Gasteiger partial charge is 0.259 e. The highest BCUT2D eigenvalue weighted by atomic mass is 35.5. The zero-order valence-electron chi connectivity index (χ0n) is 18.6. The standard InChI is InChI=1S/C24H29Cl2N5O/c1-14-22(29-15(2)31(23(14)32)19-7-3-6-17(25)20(19)26)30-11-8-24(9-12-30)13-18-16(21(24)27)5-4-10-28-18/h4-5,10,19,21H,3,6-9,11-13,27H2,1-2H3/t19-,21+/m1/s1. The Labute approximate surface area is 198 Å². The molecular formula is C24H29Cl2N5O. The predicted molar refractivity (Wildman–Crippen MR) is 128 cm³/mol. The molecule has 32 heavy (non-hydrogen) atoms.